The minimum Gasteiger partial charge on any atom is -0.308 e. The molecular formula is C23H26Cl2N2. The van der Waals surface area contributed by atoms with E-state index in [4.69, 9.17) is 23.2 Å². The van der Waals surface area contributed by atoms with Crippen LogP contribution in [0.15, 0.2) is 48.5 Å². The second kappa shape index (κ2) is 7.40. The molecule has 1 aliphatic heterocycles. The van der Waals surface area contributed by atoms with Crippen LogP contribution < -0.4 is 5.32 Å². The third-order valence-electron chi connectivity index (χ3n) is 6.83. The molecule has 1 saturated heterocycles. The van der Waals surface area contributed by atoms with Crippen LogP contribution in [-0.2, 0) is 0 Å². The Morgan fingerprint density at radius 1 is 0.815 bits per heavy atom. The molecule has 2 nitrogen and oxygen atoms in total. The predicted molar refractivity (Wildman–Crippen MR) is 112 cm³/mol. The van der Waals surface area contributed by atoms with Gasteiger partial charge in [-0.05, 0) is 66.5 Å². The Balaban J connectivity index is 1.30. The Bertz CT molecular complexity index is 738. The molecule has 0 amide bonds. The Kier molecular flexibility index (Phi) is 4.94. The van der Waals surface area contributed by atoms with Gasteiger partial charge in [0.1, 0.15) is 0 Å². The number of hydrogen-bond donors (Lipinski definition) is 1. The molecule has 0 radical (unpaired) electrons. The van der Waals surface area contributed by atoms with Crippen molar-refractivity contribution in [2.75, 3.05) is 13.1 Å². The second-order valence-electron chi connectivity index (χ2n) is 8.60. The molecule has 2 aromatic carbocycles. The second-order valence-corrected chi connectivity index (χ2v) is 9.48. The minimum atomic E-state index is 0.262. The van der Waals surface area contributed by atoms with E-state index in [-0.39, 0.29) is 6.04 Å². The van der Waals surface area contributed by atoms with Crippen molar-refractivity contribution < 1.29 is 0 Å². The lowest BCUT2D eigenvalue weighted by Gasteiger charge is -2.46. The Labute approximate surface area is 171 Å². The topological polar surface area (TPSA) is 15.3 Å². The number of halogens is 2. The monoisotopic (exact) mass is 400 g/mol. The maximum absolute atomic E-state index is 6.12. The summed E-state index contributed by atoms with van der Waals surface area (Å²) in [5.74, 6) is 1.94. The molecule has 3 atom stereocenters. The third kappa shape index (κ3) is 3.65. The van der Waals surface area contributed by atoms with Crippen molar-refractivity contribution in [3.63, 3.8) is 0 Å². The van der Waals surface area contributed by atoms with E-state index in [1.54, 1.807) is 0 Å². The zero-order chi connectivity index (χ0) is 18.4. The summed E-state index contributed by atoms with van der Waals surface area (Å²) in [5.41, 5.74) is 2.58. The first-order valence-electron chi connectivity index (χ1n) is 10.2. The largest absolute Gasteiger partial charge is 0.308 e. The van der Waals surface area contributed by atoms with Gasteiger partial charge in [-0.1, -0.05) is 53.9 Å². The van der Waals surface area contributed by atoms with E-state index in [0.29, 0.717) is 6.04 Å². The van der Waals surface area contributed by atoms with E-state index in [9.17, 15) is 0 Å². The lowest BCUT2D eigenvalue weighted by molar-refractivity contribution is 0.0803. The highest BCUT2D eigenvalue weighted by atomic mass is 35.5. The first-order valence-corrected chi connectivity index (χ1v) is 10.9. The van der Waals surface area contributed by atoms with Gasteiger partial charge in [-0.15, -0.1) is 0 Å². The fourth-order valence-corrected chi connectivity index (χ4v) is 5.74. The van der Waals surface area contributed by atoms with Crippen LogP contribution >= 0.6 is 23.2 Å². The Hall–Kier alpha value is -1.06. The van der Waals surface area contributed by atoms with E-state index < -0.39 is 0 Å². The van der Waals surface area contributed by atoms with Gasteiger partial charge in [0, 0.05) is 35.2 Å². The molecule has 27 heavy (non-hydrogen) atoms. The van der Waals surface area contributed by atoms with Gasteiger partial charge in [0.15, 0.2) is 0 Å². The van der Waals surface area contributed by atoms with Gasteiger partial charge in [0.2, 0.25) is 0 Å². The summed E-state index contributed by atoms with van der Waals surface area (Å²) in [6.45, 7) is 2.20. The van der Waals surface area contributed by atoms with Crippen molar-refractivity contribution in [2.45, 2.75) is 43.8 Å². The van der Waals surface area contributed by atoms with Crippen molar-refractivity contribution in [1.29, 1.82) is 0 Å². The van der Waals surface area contributed by atoms with E-state index in [0.717, 1.165) is 41.0 Å². The number of nitrogens with zero attached hydrogens (tertiary/aromatic N) is 1. The maximum atomic E-state index is 6.12. The molecule has 1 heterocycles. The minimum absolute atomic E-state index is 0.262. The fraction of sp³-hybridized carbons (Fsp3) is 0.478. The van der Waals surface area contributed by atoms with Crippen molar-refractivity contribution in [1.82, 2.24) is 10.2 Å². The lowest BCUT2D eigenvalue weighted by Crippen LogP contribution is -2.61. The zero-order valence-corrected chi connectivity index (χ0v) is 17.0. The summed E-state index contributed by atoms with van der Waals surface area (Å²) in [6, 6.07) is 18.2. The highest BCUT2D eigenvalue weighted by Crippen LogP contribution is 2.45. The quantitative estimate of drug-likeness (QED) is 0.707. The van der Waals surface area contributed by atoms with Gasteiger partial charge in [-0.25, -0.2) is 0 Å². The summed E-state index contributed by atoms with van der Waals surface area (Å²) >= 11 is 12.2. The molecule has 0 spiro atoms. The maximum Gasteiger partial charge on any atom is 0.0602 e. The highest BCUT2D eigenvalue weighted by Gasteiger charge is 2.42. The summed E-state index contributed by atoms with van der Waals surface area (Å²) in [6.07, 6.45) is 5.77. The number of hydrogen-bond acceptors (Lipinski definition) is 2. The zero-order valence-electron chi connectivity index (χ0n) is 15.5. The number of benzene rings is 2. The first-order chi connectivity index (χ1) is 13.2. The van der Waals surface area contributed by atoms with Crippen molar-refractivity contribution in [2.24, 2.45) is 11.8 Å². The first kappa shape index (κ1) is 18.0. The van der Waals surface area contributed by atoms with Crippen molar-refractivity contribution in [3.05, 3.63) is 69.7 Å². The molecule has 0 aromatic heterocycles. The highest BCUT2D eigenvalue weighted by molar-refractivity contribution is 6.30. The number of nitrogens with one attached hydrogen (secondary N) is 1. The predicted octanol–water partition coefficient (Wildman–Crippen LogP) is 5.55. The molecule has 3 fully saturated rings. The van der Waals surface area contributed by atoms with Crippen LogP contribution in [-0.4, -0.2) is 30.1 Å². The molecule has 4 heteroatoms. The van der Waals surface area contributed by atoms with Gasteiger partial charge in [0.25, 0.3) is 0 Å². The number of likely N-dealkylation sites (tertiary alicyclic amines) is 1. The molecular weight excluding hydrogens is 375 g/mol. The molecule has 3 aliphatic rings. The molecule has 2 aliphatic carbocycles. The van der Waals surface area contributed by atoms with Crippen LogP contribution in [0.25, 0.3) is 0 Å². The number of fused-ring (bicyclic) bond motifs is 2. The summed E-state index contributed by atoms with van der Waals surface area (Å²) in [7, 11) is 0. The van der Waals surface area contributed by atoms with E-state index in [2.05, 4.69) is 34.5 Å². The Morgan fingerprint density at radius 3 is 1.89 bits per heavy atom. The van der Waals surface area contributed by atoms with E-state index in [1.807, 2.05) is 24.3 Å². The van der Waals surface area contributed by atoms with Gasteiger partial charge in [-0.2, -0.15) is 0 Å². The van der Waals surface area contributed by atoms with Crippen LogP contribution in [0.4, 0.5) is 0 Å². The number of rotatable bonds is 5. The molecule has 2 saturated carbocycles. The lowest BCUT2D eigenvalue weighted by atomic mass is 9.91. The van der Waals surface area contributed by atoms with Crippen LogP contribution in [0.2, 0.25) is 10.0 Å². The SMILES string of the molecule is Clc1ccc(C(c2ccc(Cl)cc2)N2CC(N[C@@H]3C[C@@H]4CC[C@@H]3C4)C2)cc1. The average molecular weight is 401 g/mol. The smallest absolute Gasteiger partial charge is 0.0602 e. The van der Waals surface area contributed by atoms with Crippen LogP contribution in [0.1, 0.15) is 42.9 Å². The summed E-state index contributed by atoms with van der Waals surface area (Å²) < 4.78 is 0. The van der Waals surface area contributed by atoms with Crippen LogP contribution in [0, 0.1) is 11.8 Å². The third-order valence-corrected chi connectivity index (χ3v) is 7.34. The van der Waals surface area contributed by atoms with E-state index in [1.165, 1.54) is 36.8 Å². The van der Waals surface area contributed by atoms with Gasteiger partial charge < -0.3 is 5.32 Å². The Morgan fingerprint density at radius 2 is 1.41 bits per heavy atom. The standard InChI is InChI=1S/C23H26Cl2N2/c24-19-7-3-16(4-8-19)23(17-5-9-20(25)10-6-17)27-13-21(14-27)26-22-12-15-1-2-18(22)11-15/h3-10,15,18,21-23,26H,1-2,11-14H2/t15-,18-,22-/m1/s1. The van der Waals surface area contributed by atoms with Gasteiger partial charge >= 0.3 is 0 Å². The van der Waals surface area contributed by atoms with Gasteiger partial charge in [0.05, 0.1) is 6.04 Å². The normalized spacial score (nSPS) is 28.0. The summed E-state index contributed by atoms with van der Waals surface area (Å²) in [5, 5.41) is 5.54. The fourth-order valence-electron chi connectivity index (χ4n) is 5.48. The molecule has 2 bridgehead atoms. The van der Waals surface area contributed by atoms with E-state index >= 15 is 0 Å². The van der Waals surface area contributed by atoms with Crippen LogP contribution in [0.5, 0.6) is 0 Å². The molecule has 2 aromatic rings. The van der Waals surface area contributed by atoms with Crippen molar-refractivity contribution in [3.8, 4) is 0 Å². The molecule has 5 rings (SSSR count). The van der Waals surface area contributed by atoms with Crippen LogP contribution in [0.3, 0.4) is 0 Å². The average Bonchev–Trinajstić information content (AvgIpc) is 3.25. The molecule has 1 N–H and O–H groups in total. The molecule has 142 valence electrons. The summed E-state index contributed by atoms with van der Waals surface area (Å²) in [4.78, 5) is 2.57. The van der Waals surface area contributed by atoms with Crippen molar-refractivity contribution >= 4 is 23.2 Å². The molecule has 0 unspecified atom stereocenters. The van der Waals surface area contributed by atoms with Gasteiger partial charge in [-0.3, -0.25) is 4.90 Å².